The summed E-state index contributed by atoms with van der Waals surface area (Å²) in [6.07, 6.45) is 9.19. The number of likely N-dealkylation sites (N-methyl/N-ethyl adjacent to an activating group) is 1. The number of ketones is 1. The third kappa shape index (κ3) is 1.85. The topological polar surface area (TPSA) is 49.3 Å². The maximum absolute atomic E-state index is 12.5. The molecule has 0 aromatic rings. The van der Waals surface area contributed by atoms with Crippen LogP contribution >= 0.6 is 0 Å². The summed E-state index contributed by atoms with van der Waals surface area (Å²) in [6, 6.07) is 0.495. The lowest BCUT2D eigenvalue weighted by Crippen LogP contribution is -2.55. The van der Waals surface area contributed by atoms with Gasteiger partial charge in [-0.2, -0.15) is 0 Å². The molecular weight excluding hydrogens is 334 g/mol. The molecule has 0 bridgehead atoms. The van der Waals surface area contributed by atoms with Crippen LogP contribution in [-0.2, 0) is 4.79 Å². The van der Waals surface area contributed by atoms with Crippen LogP contribution in [0, 0.1) is 39.4 Å². The van der Waals surface area contributed by atoms with Crippen LogP contribution in [0.3, 0.4) is 0 Å². The van der Waals surface area contributed by atoms with Crippen LogP contribution in [0.1, 0.15) is 72.1 Å². The van der Waals surface area contributed by atoms with Crippen molar-refractivity contribution in [1.29, 1.82) is 0 Å². The fraction of sp³-hybridized carbons (Fsp3) is 0.875. The molecule has 3 nitrogen and oxygen atoms in total. The van der Waals surface area contributed by atoms with Crippen molar-refractivity contribution in [1.82, 2.24) is 5.32 Å². The number of rotatable bonds is 2. The zero-order valence-electron chi connectivity index (χ0n) is 17.6. The number of hydrogen-bond donors (Lipinski definition) is 2. The molecule has 0 aliphatic heterocycles. The molecule has 5 fully saturated rings. The largest absolute Gasteiger partial charge is 0.392 e. The average molecular weight is 372 g/mol. The minimum Gasteiger partial charge on any atom is -0.392 e. The van der Waals surface area contributed by atoms with Crippen LogP contribution in [0.15, 0.2) is 12.2 Å². The minimum atomic E-state index is -0.449. The van der Waals surface area contributed by atoms with Gasteiger partial charge in [-0.1, -0.05) is 26.0 Å². The molecule has 9 atom stereocenters. The molecule has 2 spiro atoms. The Kier molecular flexibility index (Phi) is 3.59. The van der Waals surface area contributed by atoms with E-state index in [0.717, 1.165) is 12.8 Å². The highest BCUT2D eigenvalue weighted by molar-refractivity contribution is 5.80. The van der Waals surface area contributed by atoms with E-state index in [4.69, 9.17) is 0 Å². The predicted octanol–water partition coefficient (Wildman–Crippen LogP) is 4.10. The van der Waals surface area contributed by atoms with Gasteiger partial charge in [-0.25, -0.2) is 0 Å². The average Bonchev–Trinajstić information content (AvgIpc) is 3.20. The Labute approximate surface area is 164 Å². The van der Waals surface area contributed by atoms with Gasteiger partial charge in [0.2, 0.25) is 0 Å². The van der Waals surface area contributed by atoms with Gasteiger partial charge in [0.1, 0.15) is 5.78 Å². The molecule has 0 heterocycles. The quantitative estimate of drug-likeness (QED) is 0.719. The Morgan fingerprint density at radius 1 is 1.11 bits per heavy atom. The molecule has 0 aromatic heterocycles. The summed E-state index contributed by atoms with van der Waals surface area (Å²) in [5.74, 6) is 1.38. The van der Waals surface area contributed by atoms with Crippen molar-refractivity contribution in [3.63, 3.8) is 0 Å². The van der Waals surface area contributed by atoms with Crippen LogP contribution in [-0.4, -0.2) is 30.1 Å². The summed E-state index contributed by atoms with van der Waals surface area (Å²) < 4.78 is 0. The first-order valence-electron chi connectivity index (χ1n) is 11.2. The van der Waals surface area contributed by atoms with Crippen molar-refractivity contribution in [2.24, 2.45) is 39.4 Å². The van der Waals surface area contributed by atoms with Crippen LogP contribution in [0.4, 0.5) is 0 Å². The van der Waals surface area contributed by atoms with Crippen molar-refractivity contribution < 1.29 is 9.90 Å². The third-order valence-corrected chi connectivity index (χ3v) is 11.0. The molecule has 150 valence electrons. The van der Waals surface area contributed by atoms with Gasteiger partial charge in [0.25, 0.3) is 0 Å². The third-order valence-electron chi connectivity index (χ3n) is 11.0. The van der Waals surface area contributed by atoms with Gasteiger partial charge in [-0.15, -0.1) is 0 Å². The van der Waals surface area contributed by atoms with E-state index in [1.54, 1.807) is 6.92 Å². The molecule has 27 heavy (non-hydrogen) atoms. The molecular formula is C24H37NO2. The Morgan fingerprint density at radius 2 is 1.85 bits per heavy atom. The number of nitrogens with one attached hydrogen (secondary N) is 1. The molecule has 5 aliphatic carbocycles. The van der Waals surface area contributed by atoms with Gasteiger partial charge in [0.05, 0.1) is 6.10 Å². The van der Waals surface area contributed by atoms with Crippen LogP contribution in [0.25, 0.3) is 0 Å². The van der Waals surface area contributed by atoms with E-state index in [1.165, 1.54) is 44.1 Å². The Bertz CT molecular complexity index is 717. The summed E-state index contributed by atoms with van der Waals surface area (Å²) >= 11 is 0. The zero-order valence-corrected chi connectivity index (χ0v) is 17.6. The number of aliphatic hydroxyl groups is 1. The second-order valence-corrected chi connectivity index (χ2v) is 11.3. The van der Waals surface area contributed by atoms with Crippen molar-refractivity contribution in [3.8, 4) is 0 Å². The molecule has 3 heteroatoms. The van der Waals surface area contributed by atoms with E-state index in [0.29, 0.717) is 28.7 Å². The Hall–Kier alpha value is -0.670. The van der Waals surface area contributed by atoms with E-state index >= 15 is 0 Å². The smallest absolute Gasteiger partial charge is 0.136 e. The van der Waals surface area contributed by atoms with E-state index in [9.17, 15) is 9.90 Å². The Balaban J connectivity index is 1.53. The first-order valence-corrected chi connectivity index (χ1v) is 11.2. The van der Waals surface area contributed by atoms with Gasteiger partial charge in [-0.05, 0) is 98.8 Å². The van der Waals surface area contributed by atoms with Crippen LogP contribution in [0.5, 0.6) is 0 Å². The highest BCUT2D eigenvalue weighted by atomic mass is 16.3. The van der Waals surface area contributed by atoms with Crippen LogP contribution in [0.2, 0.25) is 0 Å². The van der Waals surface area contributed by atoms with E-state index < -0.39 is 6.10 Å². The highest BCUT2D eigenvalue weighted by Gasteiger charge is 2.81. The number of hydrogen-bond acceptors (Lipinski definition) is 3. The molecule has 5 rings (SSSR count). The number of carbonyl (C=O) groups is 1. The second kappa shape index (κ2) is 5.27. The van der Waals surface area contributed by atoms with Crippen molar-refractivity contribution in [2.75, 3.05) is 7.05 Å². The number of fused-ring (bicyclic) bond motifs is 2. The first kappa shape index (κ1) is 18.4. The number of Topliss-reactive ketones (excluding diaryl/α,β-unsaturated/α-hetero) is 1. The van der Waals surface area contributed by atoms with E-state index in [-0.39, 0.29) is 22.5 Å². The molecule has 0 amide bonds. The van der Waals surface area contributed by atoms with Crippen molar-refractivity contribution in [3.05, 3.63) is 12.2 Å². The second-order valence-electron chi connectivity index (χ2n) is 11.3. The van der Waals surface area contributed by atoms with Gasteiger partial charge >= 0.3 is 0 Å². The van der Waals surface area contributed by atoms with Crippen molar-refractivity contribution >= 4 is 5.78 Å². The SMILES string of the molecule is C=C1[C@@H](NC)CC[C@]23C[C@]24CC[C@]2(C)[C@@H](C(C)=O)[C@@H](O)C[C@@]2(C)[C@@H]4CC[C@@H]13. The maximum atomic E-state index is 12.5. The fourth-order valence-corrected chi connectivity index (χ4v) is 9.75. The molecule has 2 N–H and O–H groups in total. The van der Waals surface area contributed by atoms with E-state index in [1.807, 2.05) is 0 Å². The monoisotopic (exact) mass is 371 g/mol. The lowest BCUT2D eigenvalue weighted by atomic mass is 9.43. The summed E-state index contributed by atoms with van der Waals surface area (Å²) in [6.45, 7) is 11.0. The molecule has 0 unspecified atom stereocenters. The van der Waals surface area contributed by atoms with Crippen LogP contribution < -0.4 is 5.32 Å². The molecule has 0 saturated heterocycles. The lowest BCUT2D eigenvalue weighted by Gasteiger charge is -2.61. The summed E-state index contributed by atoms with van der Waals surface area (Å²) in [7, 11) is 2.08. The van der Waals surface area contributed by atoms with Crippen molar-refractivity contribution in [2.45, 2.75) is 84.3 Å². The predicted molar refractivity (Wildman–Crippen MR) is 107 cm³/mol. The number of carbonyl (C=O) groups excluding carboxylic acids is 1. The molecule has 0 aromatic carbocycles. The molecule has 5 aliphatic rings. The Morgan fingerprint density at radius 3 is 2.52 bits per heavy atom. The molecule has 5 saturated carbocycles. The maximum Gasteiger partial charge on any atom is 0.136 e. The van der Waals surface area contributed by atoms with Gasteiger partial charge in [0, 0.05) is 12.0 Å². The number of aliphatic hydroxyl groups excluding tert-OH is 1. The zero-order chi connectivity index (χ0) is 19.4. The molecule has 0 radical (unpaired) electrons. The van der Waals surface area contributed by atoms with Gasteiger partial charge in [-0.3, -0.25) is 4.79 Å². The fourth-order valence-electron chi connectivity index (χ4n) is 9.75. The first-order chi connectivity index (χ1) is 12.7. The summed E-state index contributed by atoms with van der Waals surface area (Å²) in [5.41, 5.74) is 2.45. The normalized spacial score (nSPS) is 58.7. The minimum absolute atomic E-state index is 0.0377. The standard InChI is InChI=1S/C24H37NO2/c1-14-16-6-7-19-22(4)12-18(27)20(15(2)26)21(22,3)10-11-24(19)13-23(16,24)9-8-17(14)25-5/h16-20,25,27H,1,6-13H2,2-5H3/t16-,17-,18-,19-,20-,21+,22-,23+,24-/m0/s1. The summed E-state index contributed by atoms with van der Waals surface area (Å²) in [5, 5.41) is 14.4. The summed E-state index contributed by atoms with van der Waals surface area (Å²) in [4.78, 5) is 12.5. The lowest BCUT2D eigenvalue weighted by molar-refractivity contribution is -0.141. The van der Waals surface area contributed by atoms with Gasteiger partial charge in [0.15, 0.2) is 0 Å². The highest BCUT2D eigenvalue weighted by Crippen LogP contribution is 2.87. The van der Waals surface area contributed by atoms with Gasteiger partial charge < -0.3 is 10.4 Å². The van der Waals surface area contributed by atoms with E-state index in [2.05, 4.69) is 32.8 Å².